The molecule has 1 saturated heterocycles. The van der Waals surface area contributed by atoms with Crippen molar-refractivity contribution in [1.82, 2.24) is 15.2 Å². The number of hydrogen-bond acceptors (Lipinski definition) is 4. The summed E-state index contributed by atoms with van der Waals surface area (Å²) >= 11 is 1.57. The van der Waals surface area contributed by atoms with Crippen LogP contribution in [0.25, 0.3) is 10.4 Å². The van der Waals surface area contributed by atoms with Crippen molar-refractivity contribution in [2.45, 2.75) is 32.0 Å². The molecule has 0 atom stereocenters. The molecule has 0 bridgehead atoms. The number of halogens is 1. The quantitative estimate of drug-likeness (QED) is 0.671. The van der Waals surface area contributed by atoms with Crippen LogP contribution in [0, 0.1) is 5.82 Å². The van der Waals surface area contributed by atoms with Crippen molar-refractivity contribution < 1.29 is 4.39 Å². The van der Waals surface area contributed by atoms with Gasteiger partial charge in [0.2, 0.25) is 0 Å². The molecule has 4 rings (SSSR count). The van der Waals surface area contributed by atoms with Gasteiger partial charge < -0.3 is 5.32 Å². The Morgan fingerprint density at radius 2 is 1.78 bits per heavy atom. The van der Waals surface area contributed by atoms with Crippen LogP contribution in [-0.4, -0.2) is 29.0 Å². The molecule has 0 unspecified atom stereocenters. The van der Waals surface area contributed by atoms with Crippen molar-refractivity contribution in [3.05, 3.63) is 77.2 Å². The summed E-state index contributed by atoms with van der Waals surface area (Å²) in [4.78, 5) is 7.88. The summed E-state index contributed by atoms with van der Waals surface area (Å²) in [6.07, 6.45) is 4.08. The zero-order valence-corrected chi connectivity index (χ0v) is 16.1. The van der Waals surface area contributed by atoms with Gasteiger partial charge in [0.05, 0.1) is 4.88 Å². The van der Waals surface area contributed by atoms with E-state index >= 15 is 0 Å². The van der Waals surface area contributed by atoms with Crippen LogP contribution in [-0.2, 0) is 13.1 Å². The molecule has 0 radical (unpaired) electrons. The van der Waals surface area contributed by atoms with Gasteiger partial charge in [0.25, 0.3) is 0 Å². The molecule has 140 valence electrons. The van der Waals surface area contributed by atoms with Crippen molar-refractivity contribution in [2.75, 3.05) is 13.1 Å². The van der Waals surface area contributed by atoms with Crippen molar-refractivity contribution in [3.63, 3.8) is 0 Å². The minimum absolute atomic E-state index is 0.188. The number of rotatable bonds is 6. The van der Waals surface area contributed by atoms with E-state index in [-0.39, 0.29) is 5.82 Å². The number of nitrogens with zero attached hydrogens (tertiary/aromatic N) is 2. The number of hydrogen-bond donors (Lipinski definition) is 1. The summed E-state index contributed by atoms with van der Waals surface area (Å²) < 4.78 is 13.9. The Bertz CT molecular complexity index is 857. The molecule has 0 aliphatic carbocycles. The summed E-state index contributed by atoms with van der Waals surface area (Å²) in [7, 11) is 0. The highest BCUT2D eigenvalue weighted by Gasteiger charge is 2.19. The zero-order chi connectivity index (χ0) is 18.5. The van der Waals surface area contributed by atoms with Crippen LogP contribution < -0.4 is 5.32 Å². The summed E-state index contributed by atoms with van der Waals surface area (Å²) in [6, 6.07) is 18.1. The van der Waals surface area contributed by atoms with E-state index in [9.17, 15) is 4.39 Å². The van der Waals surface area contributed by atoms with Gasteiger partial charge in [-0.05, 0) is 37.6 Å². The van der Waals surface area contributed by atoms with E-state index < -0.39 is 0 Å². The van der Waals surface area contributed by atoms with Gasteiger partial charge in [0.15, 0.2) is 0 Å². The van der Waals surface area contributed by atoms with Gasteiger partial charge in [0.1, 0.15) is 10.8 Å². The molecule has 0 saturated carbocycles. The minimum atomic E-state index is -0.188. The maximum atomic E-state index is 13.9. The van der Waals surface area contributed by atoms with Crippen molar-refractivity contribution in [1.29, 1.82) is 0 Å². The molecule has 3 nitrogen and oxygen atoms in total. The average molecular weight is 382 g/mol. The lowest BCUT2D eigenvalue weighted by Gasteiger charge is -2.32. The highest BCUT2D eigenvalue weighted by Crippen LogP contribution is 2.28. The first kappa shape index (κ1) is 18.3. The molecule has 1 aliphatic heterocycles. The van der Waals surface area contributed by atoms with E-state index in [0.717, 1.165) is 48.9 Å². The molecule has 2 heterocycles. The topological polar surface area (TPSA) is 28.2 Å². The van der Waals surface area contributed by atoms with E-state index in [0.29, 0.717) is 11.6 Å². The van der Waals surface area contributed by atoms with Gasteiger partial charge in [0, 0.05) is 30.9 Å². The monoisotopic (exact) mass is 381 g/mol. The fourth-order valence-corrected chi connectivity index (χ4v) is 4.44. The molecule has 1 aliphatic rings. The fraction of sp³-hybridized carbons (Fsp3) is 0.318. The first-order valence-electron chi connectivity index (χ1n) is 9.47. The first-order chi connectivity index (χ1) is 13.3. The molecule has 27 heavy (non-hydrogen) atoms. The smallest absolute Gasteiger partial charge is 0.131 e. The molecule has 0 spiro atoms. The Balaban J connectivity index is 1.25. The van der Waals surface area contributed by atoms with Crippen molar-refractivity contribution in [3.8, 4) is 10.4 Å². The van der Waals surface area contributed by atoms with Gasteiger partial charge in [-0.3, -0.25) is 4.90 Å². The summed E-state index contributed by atoms with van der Waals surface area (Å²) in [5, 5.41) is 4.64. The number of benzene rings is 2. The van der Waals surface area contributed by atoms with Gasteiger partial charge in [-0.15, -0.1) is 11.3 Å². The van der Waals surface area contributed by atoms with Crippen LogP contribution in [0.4, 0.5) is 4.39 Å². The predicted octanol–water partition coefficient (Wildman–Crippen LogP) is 4.70. The van der Waals surface area contributed by atoms with E-state index in [1.165, 1.54) is 11.6 Å². The summed E-state index contributed by atoms with van der Waals surface area (Å²) in [5.41, 5.74) is 2.02. The maximum Gasteiger partial charge on any atom is 0.131 e. The van der Waals surface area contributed by atoms with Gasteiger partial charge in [-0.2, -0.15) is 0 Å². The van der Waals surface area contributed by atoms with Crippen LogP contribution in [0.15, 0.2) is 60.8 Å². The zero-order valence-electron chi connectivity index (χ0n) is 15.3. The predicted molar refractivity (Wildman–Crippen MR) is 109 cm³/mol. The van der Waals surface area contributed by atoms with Crippen LogP contribution in [0.1, 0.15) is 23.4 Å². The molecule has 2 aromatic carbocycles. The Labute approximate surface area is 163 Å². The Kier molecular flexibility index (Phi) is 5.92. The Morgan fingerprint density at radius 3 is 2.56 bits per heavy atom. The minimum Gasteiger partial charge on any atom is -0.308 e. The molecule has 5 heteroatoms. The van der Waals surface area contributed by atoms with Gasteiger partial charge >= 0.3 is 0 Å². The molecule has 1 N–H and O–H groups in total. The van der Waals surface area contributed by atoms with E-state index in [1.54, 1.807) is 23.6 Å². The highest BCUT2D eigenvalue weighted by molar-refractivity contribution is 7.15. The van der Waals surface area contributed by atoms with Gasteiger partial charge in [-0.1, -0.05) is 48.5 Å². The van der Waals surface area contributed by atoms with E-state index in [2.05, 4.69) is 45.5 Å². The van der Waals surface area contributed by atoms with Crippen LogP contribution >= 0.6 is 11.3 Å². The van der Waals surface area contributed by atoms with Crippen LogP contribution in [0.2, 0.25) is 0 Å². The van der Waals surface area contributed by atoms with Crippen molar-refractivity contribution in [2.24, 2.45) is 0 Å². The summed E-state index contributed by atoms with van der Waals surface area (Å²) in [6.45, 7) is 4.02. The number of piperidine rings is 1. The molecule has 1 fully saturated rings. The second kappa shape index (κ2) is 8.74. The number of likely N-dealkylation sites (tertiary alicyclic amines) is 1. The molecule has 3 aromatic rings. The second-order valence-electron chi connectivity index (χ2n) is 7.02. The Hall–Kier alpha value is -2.08. The van der Waals surface area contributed by atoms with Crippen LogP contribution in [0.5, 0.6) is 0 Å². The molecular weight excluding hydrogens is 357 g/mol. The normalized spacial score (nSPS) is 15.9. The lowest BCUT2D eigenvalue weighted by Crippen LogP contribution is -2.41. The lowest BCUT2D eigenvalue weighted by atomic mass is 10.0. The standard InChI is InChI=1S/C22H24FN3S/c23-20-9-5-4-8-19(20)21-14-25-22(27-21)15-24-18-10-12-26(13-11-18)16-17-6-2-1-3-7-17/h1-9,14,18,24H,10-13,15-16H2. The first-order valence-corrected chi connectivity index (χ1v) is 10.3. The lowest BCUT2D eigenvalue weighted by molar-refractivity contribution is 0.190. The Morgan fingerprint density at radius 1 is 1.04 bits per heavy atom. The summed E-state index contributed by atoms with van der Waals surface area (Å²) in [5.74, 6) is -0.188. The third-order valence-corrected chi connectivity index (χ3v) is 6.10. The highest BCUT2D eigenvalue weighted by atomic mass is 32.1. The number of thiazole rings is 1. The third-order valence-electron chi connectivity index (χ3n) is 5.07. The SMILES string of the molecule is Fc1ccccc1-c1cnc(CNC2CCN(Cc3ccccc3)CC2)s1. The molecule has 0 amide bonds. The second-order valence-corrected chi connectivity index (χ2v) is 8.13. The largest absolute Gasteiger partial charge is 0.308 e. The fourth-order valence-electron chi connectivity index (χ4n) is 3.55. The molecular formula is C22H24FN3S. The maximum absolute atomic E-state index is 13.9. The van der Waals surface area contributed by atoms with Crippen LogP contribution in [0.3, 0.4) is 0 Å². The van der Waals surface area contributed by atoms with E-state index in [1.807, 2.05) is 12.1 Å². The van der Waals surface area contributed by atoms with Gasteiger partial charge in [-0.25, -0.2) is 9.37 Å². The van der Waals surface area contributed by atoms with Crippen molar-refractivity contribution >= 4 is 11.3 Å². The van der Waals surface area contributed by atoms with E-state index in [4.69, 9.17) is 0 Å². The molecule has 1 aromatic heterocycles. The number of aromatic nitrogens is 1. The average Bonchev–Trinajstić information content (AvgIpc) is 3.17. The third kappa shape index (κ3) is 4.80. The number of nitrogens with one attached hydrogen (secondary N) is 1.